The van der Waals surface area contributed by atoms with Crippen molar-refractivity contribution in [3.05, 3.63) is 35.9 Å². The Bertz CT molecular complexity index is 845. The molecule has 9 heteroatoms. The van der Waals surface area contributed by atoms with Crippen molar-refractivity contribution in [3.8, 4) is 0 Å². The molecular weight excluding hydrogens is 466 g/mol. The highest BCUT2D eigenvalue weighted by Gasteiger charge is 2.52. The van der Waals surface area contributed by atoms with E-state index in [9.17, 15) is 9.59 Å². The minimum absolute atomic E-state index is 0.0181. The number of hydrogen-bond donors (Lipinski definition) is 1. The van der Waals surface area contributed by atoms with Crippen molar-refractivity contribution >= 4 is 28.7 Å². The van der Waals surface area contributed by atoms with Crippen molar-refractivity contribution in [2.75, 3.05) is 6.61 Å². The number of carbonyl (C=O) groups is 2. The quantitative estimate of drug-likeness (QED) is 0.362. The summed E-state index contributed by atoms with van der Waals surface area (Å²) in [6.07, 6.45) is -1.93. The maximum Gasteiger partial charge on any atom is 0.408 e. The molecule has 0 unspecified atom stereocenters. The Morgan fingerprint density at radius 2 is 1.53 bits per heavy atom. The molecule has 1 fully saturated rings. The van der Waals surface area contributed by atoms with Gasteiger partial charge in [-0.15, -0.1) is 0 Å². The van der Waals surface area contributed by atoms with E-state index in [0.717, 1.165) is 5.56 Å². The lowest BCUT2D eigenvalue weighted by molar-refractivity contribution is -0.144. The summed E-state index contributed by atoms with van der Waals surface area (Å²) in [5.41, 5.74) is 0.862. The standard InChI is InChI=1S/C25H43NO6Si2/c1-24(2,3)33(7,8)30-17-19-21(32-34(9,10)25(4,5)6)20(22(27)31-19)26-23(28)29-16-18-14-12-11-13-15-18/h11-15,19-21H,16-17H2,1-10H3,(H,26,28)/t19-,20+,21-/m1/s1. The van der Waals surface area contributed by atoms with Crippen LogP contribution in [0.2, 0.25) is 36.3 Å². The van der Waals surface area contributed by atoms with Crippen LogP contribution in [0.25, 0.3) is 0 Å². The van der Waals surface area contributed by atoms with Gasteiger partial charge in [0.2, 0.25) is 0 Å². The third-order valence-corrected chi connectivity index (χ3v) is 16.3. The summed E-state index contributed by atoms with van der Waals surface area (Å²) in [4.78, 5) is 25.4. The fourth-order valence-electron chi connectivity index (χ4n) is 2.97. The average molecular weight is 510 g/mol. The van der Waals surface area contributed by atoms with Crippen molar-refractivity contribution in [3.63, 3.8) is 0 Å². The highest BCUT2D eigenvalue weighted by atomic mass is 28.4. The fourth-order valence-corrected chi connectivity index (χ4v) is 5.30. The van der Waals surface area contributed by atoms with Gasteiger partial charge in [-0.25, -0.2) is 9.59 Å². The Morgan fingerprint density at radius 1 is 0.971 bits per heavy atom. The van der Waals surface area contributed by atoms with Gasteiger partial charge in [-0.1, -0.05) is 71.9 Å². The van der Waals surface area contributed by atoms with E-state index >= 15 is 0 Å². The van der Waals surface area contributed by atoms with E-state index in [0.29, 0.717) is 0 Å². The van der Waals surface area contributed by atoms with E-state index in [1.165, 1.54) is 0 Å². The van der Waals surface area contributed by atoms with Gasteiger partial charge >= 0.3 is 12.1 Å². The molecule has 1 heterocycles. The van der Waals surface area contributed by atoms with Crippen LogP contribution in [-0.4, -0.2) is 53.6 Å². The van der Waals surface area contributed by atoms with Gasteiger partial charge < -0.3 is 23.6 Å². The molecule has 0 aromatic heterocycles. The molecule has 1 amide bonds. The van der Waals surface area contributed by atoms with Crippen LogP contribution in [0.3, 0.4) is 0 Å². The van der Waals surface area contributed by atoms with E-state index in [-0.39, 0.29) is 23.3 Å². The van der Waals surface area contributed by atoms with Gasteiger partial charge in [0, 0.05) is 0 Å². The van der Waals surface area contributed by atoms with E-state index in [1.54, 1.807) is 0 Å². The first-order valence-corrected chi connectivity index (χ1v) is 17.8. The fraction of sp³-hybridized carbons (Fsp3) is 0.680. The molecule has 0 bridgehead atoms. The molecule has 1 aliphatic heterocycles. The number of amides is 1. The van der Waals surface area contributed by atoms with Crippen LogP contribution in [0, 0.1) is 0 Å². The van der Waals surface area contributed by atoms with Crippen LogP contribution in [0.5, 0.6) is 0 Å². The SMILES string of the molecule is CC(C)(C)[Si](C)(C)OC[C@H]1OC(=O)[C@@H](NC(=O)OCc2ccccc2)[C@@H]1O[Si](C)(C)C(C)(C)C. The van der Waals surface area contributed by atoms with E-state index in [2.05, 4.69) is 73.0 Å². The molecule has 7 nitrogen and oxygen atoms in total. The number of carbonyl (C=O) groups excluding carboxylic acids is 2. The molecule has 1 aromatic rings. The molecule has 1 aromatic carbocycles. The largest absolute Gasteiger partial charge is 0.456 e. The third-order valence-electron chi connectivity index (χ3n) is 7.35. The lowest BCUT2D eigenvalue weighted by Crippen LogP contribution is -2.55. The number of ether oxygens (including phenoxy) is 2. The molecule has 192 valence electrons. The monoisotopic (exact) mass is 509 g/mol. The van der Waals surface area contributed by atoms with E-state index in [4.69, 9.17) is 18.3 Å². The summed E-state index contributed by atoms with van der Waals surface area (Å²) in [6.45, 7) is 21.8. The minimum atomic E-state index is -2.29. The molecule has 1 N–H and O–H groups in total. The first-order chi connectivity index (χ1) is 15.4. The maximum absolute atomic E-state index is 12.9. The third kappa shape index (κ3) is 7.16. The van der Waals surface area contributed by atoms with Gasteiger partial charge in [0.15, 0.2) is 28.8 Å². The zero-order valence-corrected chi connectivity index (χ0v) is 24.5. The van der Waals surface area contributed by atoms with Gasteiger partial charge in [0.25, 0.3) is 0 Å². The molecule has 0 saturated carbocycles. The number of esters is 1. The van der Waals surface area contributed by atoms with Crippen LogP contribution in [0.15, 0.2) is 30.3 Å². The molecule has 2 rings (SSSR count). The smallest absolute Gasteiger partial charge is 0.408 e. The lowest BCUT2D eigenvalue weighted by Gasteiger charge is -2.41. The first kappa shape index (κ1) is 28.6. The second-order valence-electron chi connectivity index (χ2n) is 12.1. The van der Waals surface area contributed by atoms with Crippen LogP contribution < -0.4 is 5.32 Å². The Balaban J connectivity index is 2.18. The number of cyclic esters (lactones) is 1. The van der Waals surface area contributed by atoms with Crippen molar-refractivity contribution in [2.45, 2.75) is 103 Å². The molecule has 0 spiro atoms. The maximum atomic E-state index is 12.9. The molecule has 0 radical (unpaired) electrons. The second-order valence-corrected chi connectivity index (χ2v) is 21.6. The molecule has 0 aliphatic carbocycles. The van der Waals surface area contributed by atoms with E-state index in [1.807, 2.05) is 30.3 Å². The van der Waals surface area contributed by atoms with Crippen LogP contribution in [0.4, 0.5) is 4.79 Å². The van der Waals surface area contributed by atoms with Gasteiger partial charge in [-0.05, 0) is 41.8 Å². The van der Waals surface area contributed by atoms with Gasteiger partial charge in [0.05, 0.1) is 6.61 Å². The first-order valence-electron chi connectivity index (χ1n) is 11.9. The summed E-state index contributed by atoms with van der Waals surface area (Å²) in [5, 5.41) is 2.63. The van der Waals surface area contributed by atoms with E-state index < -0.39 is 46.9 Å². The Labute approximate surface area is 207 Å². The molecule has 3 atom stereocenters. The minimum Gasteiger partial charge on any atom is -0.456 e. The topological polar surface area (TPSA) is 83.1 Å². The van der Waals surface area contributed by atoms with Crippen molar-refractivity contribution in [1.29, 1.82) is 0 Å². The predicted octanol–water partition coefficient (Wildman–Crippen LogP) is 5.62. The number of nitrogens with one attached hydrogen (secondary N) is 1. The van der Waals surface area contributed by atoms with Crippen LogP contribution >= 0.6 is 0 Å². The normalized spacial score (nSPS) is 21.8. The zero-order valence-electron chi connectivity index (χ0n) is 22.5. The number of rotatable bonds is 8. The number of alkyl carbamates (subject to hydrolysis) is 1. The summed E-state index contributed by atoms with van der Waals surface area (Å²) in [5.74, 6) is -0.524. The molecular formula is C25H43NO6Si2. The van der Waals surface area contributed by atoms with Crippen molar-refractivity contribution < 1.29 is 27.9 Å². The number of benzene rings is 1. The average Bonchev–Trinajstić information content (AvgIpc) is 2.98. The summed E-state index contributed by atoms with van der Waals surface area (Å²) in [7, 11) is -4.36. The van der Waals surface area contributed by atoms with Crippen molar-refractivity contribution in [1.82, 2.24) is 5.32 Å². The van der Waals surface area contributed by atoms with Crippen LogP contribution in [0.1, 0.15) is 47.1 Å². The van der Waals surface area contributed by atoms with Gasteiger partial charge in [-0.2, -0.15) is 0 Å². The zero-order chi connectivity index (χ0) is 25.9. The molecule has 1 aliphatic rings. The summed E-state index contributed by atoms with van der Waals surface area (Å²) in [6, 6.07) is 8.43. The summed E-state index contributed by atoms with van der Waals surface area (Å²) >= 11 is 0. The second kappa shape index (κ2) is 10.5. The Kier molecular flexibility index (Phi) is 8.83. The highest BCUT2D eigenvalue weighted by Crippen LogP contribution is 2.40. The van der Waals surface area contributed by atoms with Gasteiger partial charge in [0.1, 0.15) is 12.7 Å². The Hall–Kier alpha value is -1.69. The highest BCUT2D eigenvalue weighted by molar-refractivity contribution is 6.74. The van der Waals surface area contributed by atoms with Gasteiger partial charge in [-0.3, -0.25) is 0 Å². The lowest BCUT2D eigenvalue weighted by atomic mass is 10.1. The van der Waals surface area contributed by atoms with Crippen LogP contribution in [-0.2, 0) is 29.7 Å². The Morgan fingerprint density at radius 3 is 2.06 bits per heavy atom. The molecule has 34 heavy (non-hydrogen) atoms. The number of hydrogen-bond acceptors (Lipinski definition) is 6. The molecule has 1 saturated heterocycles. The van der Waals surface area contributed by atoms with Crippen molar-refractivity contribution in [2.24, 2.45) is 0 Å². The summed E-state index contributed by atoms with van der Waals surface area (Å²) < 4.78 is 24.1. The predicted molar refractivity (Wildman–Crippen MR) is 139 cm³/mol.